The van der Waals surface area contributed by atoms with Gasteiger partial charge < -0.3 is 15.5 Å². The molecular weight excluding hydrogens is 410 g/mol. The zero-order valence-electron chi connectivity index (χ0n) is 17.4. The fraction of sp³-hybridized carbons (Fsp3) is 0.391. The molecule has 0 radical (unpaired) electrons. The van der Waals surface area contributed by atoms with Gasteiger partial charge in [0.25, 0.3) is 0 Å². The van der Waals surface area contributed by atoms with E-state index < -0.39 is 0 Å². The van der Waals surface area contributed by atoms with Crippen LogP contribution in [0.5, 0.6) is 0 Å². The highest BCUT2D eigenvalue weighted by atomic mass is 32.1. The van der Waals surface area contributed by atoms with Gasteiger partial charge in [-0.15, -0.1) is 0 Å². The van der Waals surface area contributed by atoms with E-state index in [1.165, 1.54) is 15.6 Å². The molecule has 3 aromatic rings. The molecule has 1 saturated heterocycles. The lowest BCUT2D eigenvalue weighted by Crippen LogP contribution is -2.47. The van der Waals surface area contributed by atoms with Gasteiger partial charge >= 0.3 is 0 Å². The van der Waals surface area contributed by atoms with Crippen LogP contribution in [0.3, 0.4) is 0 Å². The van der Waals surface area contributed by atoms with Crippen molar-refractivity contribution in [3.63, 3.8) is 0 Å². The lowest BCUT2D eigenvalue weighted by molar-refractivity contribution is 0.261. The van der Waals surface area contributed by atoms with Gasteiger partial charge in [0.1, 0.15) is 5.82 Å². The second-order valence-corrected chi connectivity index (χ2v) is 8.83. The summed E-state index contributed by atoms with van der Waals surface area (Å²) in [5, 5.41) is 8.59. The zero-order chi connectivity index (χ0) is 20.8. The van der Waals surface area contributed by atoms with E-state index in [0.29, 0.717) is 5.11 Å². The number of rotatable bonds is 7. The van der Waals surface area contributed by atoms with Gasteiger partial charge in [-0.05, 0) is 60.4 Å². The number of piperazine rings is 1. The number of para-hydroxylation sites is 1. The molecule has 1 aliphatic rings. The molecule has 1 fully saturated rings. The van der Waals surface area contributed by atoms with Gasteiger partial charge in [-0.1, -0.05) is 37.3 Å². The SMILES string of the molecule is CCCNC(=S)Nc1ccccc1CCN1CCN(c2nsc3ccccc23)CC1. The summed E-state index contributed by atoms with van der Waals surface area (Å²) in [6.07, 6.45) is 2.07. The predicted molar refractivity (Wildman–Crippen MR) is 133 cm³/mol. The molecule has 1 aromatic heterocycles. The van der Waals surface area contributed by atoms with E-state index in [1.807, 2.05) is 0 Å². The van der Waals surface area contributed by atoms with Gasteiger partial charge in [-0.2, -0.15) is 4.37 Å². The Labute approximate surface area is 188 Å². The van der Waals surface area contributed by atoms with Crippen molar-refractivity contribution in [1.82, 2.24) is 14.6 Å². The normalized spacial score (nSPS) is 14.8. The Morgan fingerprint density at radius 3 is 2.67 bits per heavy atom. The topological polar surface area (TPSA) is 43.4 Å². The Balaban J connectivity index is 1.30. The molecule has 0 aliphatic carbocycles. The number of benzene rings is 2. The van der Waals surface area contributed by atoms with Crippen molar-refractivity contribution in [2.75, 3.05) is 49.5 Å². The molecule has 0 amide bonds. The number of nitrogens with zero attached hydrogens (tertiary/aromatic N) is 3. The van der Waals surface area contributed by atoms with Gasteiger partial charge in [0, 0.05) is 50.3 Å². The van der Waals surface area contributed by atoms with Crippen LogP contribution < -0.4 is 15.5 Å². The average Bonchev–Trinajstić information content (AvgIpc) is 3.22. The van der Waals surface area contributed by atoms with Crippen molar-refractivity contribution >= 4 is 50.5 Å². The minimum atomic E-state index is 0.702. The van der Waals surface area contributed by atoms with E-state index in [-0.39, 0.29) is 0 Å². The molecule has 4 rings (SSSR count). The number of fused-ring (bicyclic) bond motifs is 1. The first-order valence-electron chi connectivity index (χ1n) is 10.7. The standard InChI is InChI=1S/C23H29N5S2/c1-2-12-24-23(29)25-20-9-5-3-7-18(20)11-13-27-14-16-28(17-15-27)22-19-8-4-6-10-21(19)30-26-22/h3-10H,2,11-17H2,1H3,(H2,24,25,29). The van der Waals surface area contributed by atoms with E-state index in [0.717, 1.165) is 63.6 Å². The molecule has 30 heavy (non-hydrogen) atoms. The van der Waals surface area contributed by atoms with Gasteiger partial charge in [-0.25, -0.2) is 0 Å². The molecular formula is C23H29N5S2. The van der Waals surface area contributed by atoms with Gasteiger partial charge in [-0.3, -0.25) is 4.90 Å². The molecule has 2 aromatic carbocycles. The van der Waals surface area contributed by atoms with Crippen molar-refractivity contribution in [2.24, 2.45) is 0 Å². The largest absolute Gasteiger partial charge is 0.362 e. The summed E-state index contributed by atoms with van der Waals surface area (Å²) in [7, 11) is 0. The highest BCUT2D eigenvalue weighted by molar-refractivity contribution is 7.80. The molecule has 0 saturated carbocycles. The van der Waals surface area contributed by atoms with Gasteiger partial charge in [0.2, 0.25) is 0 Å². The van der Waals surface area contributed by atoms with Crippen LogP contribution in [0.25, 0.3) is 10.1 Å². The first-order valence-corrected chi connectivity index (χ1v) is 11.9. The lowest BCUT2D eigenvalue weighted by Gasteiger charge is -2.35. The van der Waals surface area contributed by atoms with Gasteiger partial charge in [0.05, 0.1) is 4.70 Å². The van der Waals surface area contributed by atoms with E-state index in [2.05, 4.69) is 75.9 Å². The number of nitrogens with one attached hydrogen (secondary N) is 2. The summed E-state index contributed by atoms with van der Waals surface area (Å²) >= 11 is 7.01. The van der Waals surface area contributed by atoms with Crippen molar-refractivity contribution < 1.29 is 0 Å². The number of thiocarbonyl (C=S) groups is 1. The van der Waals surface area contributed by atoms with Crippen LogP contribution in [-0.2, 0) is 6.42 Å². The third kappa shape index (κ3) is 5.09. The quantitative estimate of drug-likeness (QED) is 0.534. The average molecular weight is 440 g/mol. The van der Waals surface area contributed by atoms with E-state index >= 15 is 0 Å². The predicted octanol–water partition coefficient (Wildman–Crippen LogP) is 4.36. The van der Waals surface area contributed by atoms with Crippen molar-refractivity contribution in [3.8, 4) is 0 Å². The second kappa shape index (κ2) is 10.2. The fourth-order valence-electron chi connectivity index (χ4n) is 3.83. The summed E-state index contributed by atoms with van der Waals surface area (Å²) < 4.78 is 5.99. The van der Waals surface area contributed by atoms with Crippen LogP contribution in [0.1, 0.15) is 18.9 Å². The lowest BCUT2D eigenvalue weighted by atomic mass is 10.1. The third-order valence-corrected chi connectivity index (χ3v) is 6.59. The molecule has 0 spiro atoms. The highest BCUT2D eigenvalue weighted by Gasteiger charge is 2.20. The first-order chi connectivity index (χ1) is 14.7. The maximum Gasteiger partial charge on any atom is 0.170 e. The summed E-state index contributed by atoms with van der Waals surface area (Å²) in [5.74, 6) is 1.15. The molecule has 158 valence electrons. The van der Waals surface area contributed by atoms with Crippen LogP contribution in [0.2, 0.25) is 0 Å². The number of hydrogen-bond acceptors (Lipinski definition) is 5. The third-order valence-electron chi connectivity index (χ3n) is 5.53. The Kier molecular flexibility index (Phi) is 7.15. The molecule has 7 heteroatoms. The highest BCUT2D eigenvalue weighted by Crippen LogP contribution is 2.29. The van der Waals surface area contributed by atoms with Crippen LogP contribution in [0.4, 0.5) is 11.5 Å². The molecule has 0 bridgehead atoms. The van der Waals surface area contributed by atoms with E-state index in [4.69, 9.17) is 16.6 Å². The Hall–Kier alpha value is -2.22. The van der Waals surface area contributed by atoms with Crippen molar-refractivity contribution in [2.45, 2.75) is 19.8 Å². The maximum absolute atomic E-state index is 5.41. The molecule has 0 atom stereocenters. The van der Waals surface area contributed by atoms with Crippen LogP contribution in [-0.4, -0.2) is 53.7 Å². The summed E-state index contributed by atoms with van der Waals surface area (Å²) in [5.41, 5.74) is 2.42. The second-order valence-electron chi connectivity index (χ2n) is 7.62. The minimum Gasteiger partial charge on any atom is -0.362 e. The number of hydrogen-bond donors (Lipinski definition) is 2. The van der Waals surface area contributed by atoms with Crippen molar-refractivity contribution in [1.29, 1.82) is 0 Å². The van der Waals surface area contributed by atoms with Gasteiger partial charge in [0.15, 0.2) is 5.11 Å². The summed E-state index contributed by atoms with van der Waals surface area (Å²) in [6, 6.07) is 17.0. The Morgan fingerprint density at radius 1 is 1.07 bits per heavy atom. The van der Waals surface area contributed by atoms with E-state index in [9.17, 15) is 0 Å². The Bertz CT molecular complexity index is 978. The molecule has 2 heterocycles. The van der Waals surface area contributed by atoms with Crippen molar-refractivity contribution in [3.05, 3.63) is 54.1 Å². The molecule has 0 unspecified atom stereocenters. The van der Waals surface area contributed by atoms with Crippen LogP contribution in [0, 0.1) is 0 Å². The van der Waals surface area contributed by atoms with Crippen LogP contribution >= 0.6 is 23.8 Å². The first kappa shape index (κ1) is 21.0. The monoisotopic (exact) mass is 439 g/mol. The minimum absolute atomic E-state index is 0.702. The Morgan fingerprint density at radius 2 is 1.83 bits per heavy atom. The summed E-state index contributed by atoms with van der Waals surface area (Å²) in [6.45, 7) is 8.28. The smallest absolute Gasteiger partial charge is 0.170 e. The number of anilines is 2. The fourth-order valence-corrected chi connectivity index (χ4v) is 4.84. The van der Waals surface area contributed by atoms with Crippen LogP contribution in [0.15, 0.2) is 48.5 Å². The molecule has 2 N–H and O–H groups in total. The maximum atomic E-state index is 5.41. The summed E-state index contributed by atoms with van der Waals surface area (Å²) in [4.78, 5) is 4.98. The molecule has 5 nitrogen and oxygen atoms in total. The molecule has 1 aliphatic heterocycles. The van der Waals surface area contributed by atoms with E-state index in [1.54, 1.807) is 11.5 Å². The zero-order valence-corrected chi connectivity index (χ0v) is 19.1. The number of aromatic nitrogens is 1.